The summed E-state index contributed by atoms with van der Waals surface area (Å²) in [5.74, 6) is 2.39. The molecule has 1 amide bonds. The Bertz CT molecular complexity index is 895. The predicted octanol–water partition coefficient (Wildman–Crippen LogP) is 5.55. The molecule has 3 saturated carbocycles. The van der Waals surface area contributed by atoms with Crippen LogP contribution in [0.2, 0.25) is 0 Å². The van der Waals surface area contributed by atoms with Gasteiger partial charge in [-0.25, -0.2) is 0 Å². The summed E-state index contributed by atoms with van der Waals surface area (Å²) in [5.41, 5.74) is 0.997. The van der Waals surface area contributed by atoms with E-state index in [1.54, 1.807) is 6.08 Å². The minimum Gasteiger partial charge on any atom is -0.349 e. The van der Waals surface area contributed by atoms with Crippen molar-refractivity contribution in [3.05, 3.63) is 46.5 Å². The first-order valence-corrected chi connectivity index (χ1v) is 11.9. The van der Waals surface area contributed by atoms with Gasteiger partial charge in [-0.15, -0.1) is 0 Å². The van der Waals surface area contributed by atoms with E-state index >= 15 is 0 Å². The van der Waals surface area contributed by atoms with E-state index in [0.29, 0.717) is 23.5 Å². The van der Waals surface area contributed by atoms with Gasteiger partial charge in [0.2, 0.25) is 5.91 Å². The molecule has 1 aromatic rings. The third-order valence-electron chi connectivity index (χ3n) is 9.14. The molecule has 154 valence electrons. The van der Waals surface area contributed by atoms with Gasteiger partial charge in [0.15, 0.2) is 5.78 Å². The maximum atomic E-state index is 13.5. The first kappa shape index (κ1) is 19.5. The number of fused-ring (bicyclic) bond motifs is 5. The van der Waals surface area contributed by atoms with Crippen LogP contribution in [-0.2, 0) is 4.79 Å². The van der Waals surface area contributed by atoms with Crippen molar-refractivity contribution in [2.75, 3.05) is 0 Å². The fraction of sp³-hybridized carbons (Fsp3) is 0.600. The van der Waals surface area contributed by atoms with Gasteiger partial charge in [-0.1, -0.05) is 54.1 Å². The monoisotopic (exact) mass is 455 g/mol. The number of rotatable bonds is 2. The van der Waals surface area contributed by atoms with Crippen molar-refractivity contribution in [1.29, 1.82) is 0 Å². The van der Waals surface area contributed by atoms with E-state index in [1.807, 2.05) is 24.3 Å². The standard InChI is InChI=1S/C25H30BrNO2/c1-24-13-11-18-15(7-10-21-25(18,2)14-12-22(28)27-21)17(24)8-9-19(24)23(29)16-5-3-4-6-20(16)26/h3-6,12,14-15,17-19,21H,7-11,13H2,1-2H3,(H,27,28)/t15-,17-,18+,19?,21?,24-,25+/m0/s1. The molecule has 0 saturated heterocycles. The van der Waals surface area contributed by atoms with Crippen LogP contribution in [0.4, 0.5) is 0 Å². The second-order valence-corrected chi connectivity index (χ2v) is 11.1. The number of carbonyl (C=O) groups excluding carboxylic acids is 2. The number of Topliss-reactive ketones (excluding diaryl/α,β-unsaturated/α-hetero) is 1. The lowest BCUT2D eigenvalue weighted by Crippen LogP contribution is -2.59. The van der Waals surface area contributed by atoms with E-state index in [1.165, 1.54) is 6.42 Å². The third-order valence-corrected chi connectivity index (χ3v) is 9.83. The fourth-order valence-corrected chi connectivity index (χ4v) is 8.09. The molecule has 3 nitrogen and oxygen atoms in total. The average molecular weight is 456 g/mol. The number of nitrogens with one attached hydrogen (secondary N) is 1. The molecular formula is C25H30BrNO2. The van der Waals surface area contributed by atoms with Gasteiger partial charge in [0, 0.05) is 27.4 Å². The van der Waals surface area contributed by atoms with E-state index in [4.69, 9.17) is 0 Å². The molecule has 1 N–H and O–H groups in total. The van der Waals surface area contributed by atoms with Crippen LogP contribution >= 0.6 is 15.9 Å². The van der Waals surface area contributed by atoms with Crippen LogP contribution < -0.4 is 5.32 Å². The van der Waals surface area contributed by atoms with E-state index in [-0.39, 0.29) is 28.7 Å². The highest BCUT2D eigenvalue weighted by atomic mass is 79.9. The molecule has 0 spiro atoms. The maximum Gasteiger partial charge on any atom is 0.243 e. The molecular weight excluding hydrogens is 426 g/mol. The van der Waals surface area contributed by atoms with Gasteiger partial charge in [-0.05, 0) is 73.8 Å². The Labute approximate surface area is 181 Å². The number of halogens is 1. The van der Waals surface area contributed by atoms with Crippen LogP contribution in [0.25, 0.3) is 0 Å². The minimum absolute atomic E-state index is 0.0582. The van der Waals surface area contributed by atoms with Crippen molar-refractivity contribution in [3.8, 4) is 0 Å². The topological polar surface area (TPSA) is 46.2 Å². The summed E-state index contributed by atoms with van der Waals surface area (Å²) in [6.07, 6.45) is 10.6. The van der Waals surface area contributed by atoms with Gasteiger partial charge in [0.05, 0.1) is 0 Å². The molecule has 3 aliphatic carbocycles. The van der Waals surface area contributed by atoms with Crippen molar-refractivity contribution < 1.29 is 9.59 Å². The number of benzene rings is 1. The molecule has 0 radical (unpaired) electrons. The van der Waals surface area contributed by atoms with Gasteiger partial charge >= 0.3 is 0 Å². The van der Waals surface area contributed by atoms with Crippen LogP contribution in [0.3, 0.4) is 0 Å². The van der Waals surface area contributed by atoms with Crippen LogP contribution in [-0.4, -0.2) is 17.7 Å². The molecule has 29 heavy (non-hydrogen) atoms. The Morgan fingerprint density at radius 3 is 2.66 bits per heavy atom. The summed E-state index contributed by atoms with van der Waals surface area (Å²) in [4.78, 5) is 25.4. The van der Waals surface area contributed by atoms with Crippen LogP contribution in [0, 0.1) is 34.5 Å². The van der Waals surface area contributed by atoms with E-state index in [0.717, 1.165) is 42.1 Å². The minimum atomic E-state index is 0.0582. The van der Waals surface area contributed by atoms with Crippen molar-refractivity contribution in [2.45, 2.75) is 58.4 Å². The van der Waals surface area contributed by atoms with Crippen molar-refractivity contribution in [2.24, 2.45) is 34.5 Å². The van der Waals surface area contributed by atoms with Gasteiger partial charge < -0.3 is 5.32 Å². The van der Waals surface area contributed by atoms with E-state index in [9.17, 15) is 9.59 Å². The van der Waals surface area contributed by atoms with Crippen molar-refractivity contribution in [3.63, 3.8) is 0 Å². The number of ketones is 1. The molecule has 1 heterocycles. The molecule has 1 aromatic carbocycles. The predicted molar refractivity (Wildman–Crippen MR) is 117 cm³/mol. The Balaban J connectivity index is 1.44. The van der Waals surface area contributed by atoms with E-state index < -0.39 is 0 Å². The quantitative estimate of drug-likeness (QED) is 0.594. The molecule has 4 aliphatic rings. The Morgan fingerprint density at radius 1 is 1.07 bits per heavy atom. The van der Waals surface area contributed by atoms with Gasteiger partial charge in [-0.3, -0.25) is 9.59 Å². The van der Waals surface area contributed by atoms with Crippen LogP contribution in [0.5, 0.6) is 0 Å². The van der Waals surface area contributed by atoms with Gasteiger partial charge in [0.25, 0.3) is 0 Å². The molecule has 0 bridgehead atoms. The fourth-order valence-electron chi connectivity index (χ4n) is 7.61. The van der Waals surface area contributed by atoms with Gasteiger partial charge in [-0.2, -0.15) is 0 Å². The number of hydrogen-bond donors (Lipinski definition) is 1. The highest BCUT2D eigenvalue weighted by Gasteiger charge is 2.60. The molecule has 3 fully saturated rings. The Kier molecular flexibility index (Phi) is 4.58. The number of hydrogen-bond acceptors (Lipinski definition) is 2. The smallest absolute Gasteiger partial charge is 0.243 e. The lowest BCUT2D eigenvalue weighted by Gasteiger charge is -2.58. The number of carbonyl (C=O) groups is 2. The second kappa shape index (κ2) is 6.80. The van der Waals surface area contributed by atoms with E-state index in [2.05, 4.69) is 41.2 Å². The summed E-state index contributed by atoms with van der Waals surface area (Å²) in [5, 5.41) is 3.23. The summed E-state index contributed by atoms with van der Waals surface area (Å²) >= 11 is 3.59. The highest BCUT2D eigenvalue weighted by Crippen LogP contribution is 2.65. The Hall–Kier alpha value is -1.42. The van der Waals surface area contributed by atoms with Crippen molar-refractivity contribution >= 4 is 27.6 Å². The molecule has 2 unspecified atom stereocenters. The first-order valence-electron chi connectivity index (χ1n) is 11.1. The highest BCUT2D eigenvalue weighted by molar-refractivity contribution is 9.10. The summed E-state index contributed by atoms with van der Waals surface area (Å²) < 4.78 is 0.918. The normalized spacial score (nSPS) is 43.1. The summed E-state index contributed by atoms with van der Waals surface area (Å²) in [6, 6.07) is 8.15. The zero-order chi connectivity index (χ0) is 20.4. The first-order chi connectivity index (χ1) is 13.8. The number of amides is 1. The lowest BCUT2D eigenvalue weighted by molar-refractivity contribution is -0.122. The average Bonchev–Trinajstić information content (AvgIpc) is 3.05. The lowest BCUT2D eigenvalue weighted by atomic mass is 9.47. The molecule has 5 rings (SSSR count). The summed E-state index contributed by atoms with van der Waals surface area (Å²) in [7, 11) is 0. The van der Waals surface area contributed by atoms with Crippen LogP contribution in [0.15, 0.2) is 40.9 Å². The Morgan fingerprint density at radius 2 is 1.86 bits per heavy atom. The van der Waals surface area contributed by atoms with Gasteiger partial charge in [0.1, 0.15) is 0 Å². The zero-order valence-corrected chi connectivity index (χ0v) is 18.9. The molecule has 1 aliphatic heterocycles. The largest absolute Gasteiger partial charge is 0.349 e. The maximum absolute atomic E-state index is 13.5. The molecule has 4 heteroatoms. The van der Waals surface area contributed by atoms with Crippen LogP contribution in [0.1, 0.15) is 62.7 Å². The third kappa shape index (κ3) is 2.81. The SMILES string of the molecule is C[C@]12C=CC(=O)NC1CC[C@@H]1[C@H]2CC[C@]2(C)C(C(=O)c3ccccc3Br)CC[C@@H]12. The molecule has 0 aromatic heterocycles. The van der Waals surface area contributed by atoms with Crippen molar-refractivity contribution in [1.82, 2.24) is 5.32 Å². The second-order valence-electron chi connectivity index (χ2n) is 10.2. The zero-order valence-electron chi connectivity index (χ0n) is 17.3. The molecule has 7 atom stereocenters. The summed E-state index contributed by atoms with van der Waals surface area (Å²) in [6.45, 7) is 4.75.